The maximum atomic E-state index is 11.1. The SMILES string of the molecule is CC(=O)N(C)C(C)C1(O)CC=CC1. The van der Waals surface area contributed by atoms with Crippen LogP contribution in [0.2, 0.25) is 0 Å². The van der Waals surface area contributed by atoms with Gasteiger partial charge in [0.2, 0.25) is 5.91 Å². The van der Waals surface area contributed by atoms with Gasteiger partial charge in [0.1, 0.15) is 0 Å². The molecule has 0 aromatic rings. The fourth-order valence-electron chi connectivity index (χ4n) is 1.63. The molecule has 1 aliphatic rings. The van der Waals surface area contributed by atoms with Crippen LogP contribution < -0.4 is 0 Å². The Morgan fingerprint density at radius 2 is 2.00 bits per heavy atom. The third-order valence-electron chi connectivity index (χ3n) is 2.96. The van der Waals surface area contributed by atoms with Gasteiger partial charge in [-0.1, -0.05) is 12.2 Å². The summed E-state index contributed by atoms with van der Waals surface area (Å²) in [7, 11) is 1.73. The quantitative estimate of drug-likeness (QED) is 0.647. The van der Waals surface area contributed by atoms with E-state index in [0.717, 1.165) is 0 Å². The zero-order valence-corrected chi connectivity index (χ0v) is 8.45. The minimum atomic E-state index is -0.750. The lowest BCUT2D eigenvalue weighted by Crippen LogP contribution is -2.49. The van der Waals surface area contributed by atoms with Crippen molar-refractivity contribution in [2.75, 3.05) is 7.05 Å². The molecule has 0 heterocycles. The van der Waals surface area contributed by atoms with Crippen molar-refractivity contribution in [3.8, 4) is 0 Å². The number of aliphatic hydroxyl groups is 1. The Hall–Kier alpha value is -0.830. The maximum Gasteiger partial charge on any atom is 0.219 e. The highest BCUT2D eigenvalue weighted by Crippen LogP contribution is 2.29. The van der Waals surface area contributed by atoms with E-state index in [1.807, 2.05) is 19.1 Å². The summed E-state index contributed by atoms with van der Waals surface area (Å²) in [4.78, 5) is 12.7. The molecule has 0 bridgehead atoms. The second kappa shape index (κ2) is 3.50. The molecule has 13 heavy (non-hydrogen) atoms. The molecule has 0 aromatic heterocycles. The predicted octanol–water partition coefficient (Wildman–Crippen LogP) is 0.934. The summed E-state index contributed by atoms with van der Waals surface area (Å²) in [6.45, 7) is 3.40. The van der Waals surface area contributed by atoms with Gasteiger partial charge in [0.15, 0.2) is 0 Å². The van der Waals surface area contributed by atoms with Crippen LogP contribution in [0.25, 0.3) is 0 Å². The Bertz CT molecular complexity index is 227. The number of carbonyl (C=O) groups excluding carboxylic acids is 1. The van der Waals surface area contributed by atoms with Crippen molar-refractivity contribution >= 4 is 5.91 Å². The van der Waals surface area contributed by atoms with E-state index in [0.29, 0.717) is 12.8 Å². The number of rotatable bonds is 2. The van der Waals surface area contributed by atoms with Crippen molar-refractivity contribution in [2.45, 2.75) is 38.3 Å². The number of carbonyl (C=O) groups is 1. The molecule has 3 heteroatoms. The Kier molecular flexibility index (Phi) is 2.76. The van der Waals surface area contributed by atoms with Crippen molar-refractivity contribution in [1.29, 1.82) is 0 Å². The van der Waals surface area contributed by atoms with Crippen LogP contribution in [0.1, 0.15) is 26.7 Å². The van der Waals surface area contributed by atoms with Crippen LogP contribution in [-0.4, -0.2) is 34.6 Å². The first-order chi connectivity index (χ1) is 5.97. The van der Waals surface area contributed by atoms with Crippen LogP contribution >= 0.6 is 0 Å². The summed E-state index contributed by atoms with van der Waals surface area (Å²) < 4.78 is 0. The molecule has 0 spiro atoms. The minimum Gasteiger partial charge on any atom is -0.387 e. The minimum absolute atomic E-state index is 0.00664. The summed E-state index contributed by atoms with van der Waals surface area (Å²) in [5.74, 6) is -0.00664. The highest BCUT2D eigenvalue weighted by molar-refractivity contribution is 5.73. The molecule has 1 amide bonds. The van der Waals surface area contributed by atoms with Crippen molar-refractivity contribution in [3.05, 3.63) is 12.2 Å². The van der Waals surface area contributed by atoms with Crippen molar-refractivity contribution in [3.63, 3.8) is 0 Å². The summed E-state index contributed by atoms with van der Waals surface area (Å²) >= 11 is 0. The van der Waals surface area contributed by atoms with Gasteiger partial charge in [-0.3, -0.25) is 4.79 Å². The van der Waals surface area contributed by atoms with Gasteiger partial charge in [-0.15, -0.1) is 0 Å². The molecule has 0 aromatic carbocycles. The highest BCUT2D eigenvalue weighted by Gasteiger charge is 2.37. The molecule has 74 valence electrons. The van der Waals surface area contributed by atoms with Gasteiger partial charge in [-0.2, -0.15) is 0 Å². The number of hydrogen-bond acceptors (Lipinski definition) is 2. The monoisotopic (exact) mass is 183 g/mol. The smallest absolute Gasteiger partial charge is 0.219 e. The largest absolute Gasteiger partial charge is 0.387 e. The second-order valence-corrected chi connectivity index (χ2v) is 3.79. The lowest BCUT2D eigenvalue weighted by Gasteiger charge is -2.36. The van der Waals surface area contributed by atoms with Gasteiger partial charge in [-0.05, 0) is 19.8 Å². The van der Waals surface area contributed by atoms with E-state index in [1.54, 1.807) is 11.9 Å². The normalized spacial score (nSPS) is 21.5. The average Bonchev–Trinajstić information content (AvgIpc) is 2.50. The van der Waals surface area contributed by atoms with E-state index in [4.69, 9.17) is 0 Å². The second-order valence-electron chi connectivity index (χ2n) is 3.79. The zero-order valence-electron chi connectivity index (χ0n) is 8.45. The third kappa shape index (κ3) is 1.91. The molecule has 0 aliphatic heterocycles. The van der Waals surface area contributed by atoms with Crippen molar-refractivity contribution < 1.29 is 9.90 Å². The molecule has 1 unspecified atom stereocenters. The van der Waals surface area contributed by atoms with Crippen molar-refractivity contribution in [1.82, 2.24) is 4.90 Å². The van der Waals surface area contributed by atoms with Gasteiger partial charge < -0.3 is 10.0 Å². The summed E-state index contributed by atoms with van der Waals surface area (Å²) in [5, 5.41) is 10.1. The Morgan fingerprint density at radius 3 is 2.38 bits per heavy atom. The summed E-state index contributed by atoms with van der Waals surface area (Å²) in [6, 6.07) is -0.125. The topological polar surface area (TPSA) is 40.5 Å². The molecular weight excluding hydrogens is 166 g/mol. The van der Waals surface area contributed by atoms with Gasteiger partial charge in [-0.25, -0.2) is 0 Å². The van der Waals surface area contributed by atoms with Crippen LogP contribution in [0.5, 0.6) is 0 Å². The highest BCUT2D eigenvalue weighted by atomic mass is 16.3. The molecule has 1 atom stereocenters. The maximum absolute atomic E-state index is 11.1. The Balaban J connectivity index is 2.66. The van der Waals surface area contributed by atoms with Crippen LogP contribution in [0.15, 0.2) is 12.2 Å². The number of hydrogen-bond donors (Lipinski definition) is 1. The van der Waals surface area contributed by atoms with E-state index in [-0.39, 0.29) is 11.9 Å². The summed E-state index contributed by atoms with van der Waals surface area (Å²) in [5.41, 5.74) is -0.750. The molecular formula is C10H17NO2. The molecule has 0 radical (unpaired) electrons. The fourth-order valence-corrected chi connectivity index (χ4v) is 1.63. The average molecular weight is 183 g/mol. The Labute approximate surface area is 79.0 Å². The molecule has 1 aliphatic carbocycles. The van der Waals surface area contributed by atoms with Crippen LogP contribution in [0, 0.1) is 0 Å². The molecule has 0 saturated carbocycles. The molecule has 3 nitrogen and oxygen atoms in total. The lowest BCUT2D eigenvalue weighted by molar-refractivity contribution is -0.135. The van der Waals surface area contributed by atoms with Gasteiger partial charge in [0.25, 0.3) is 0 Å². The van der Waals surface area contributed by atoms with E-state index < -0.39 is 5.60 Å². The molecule has 0 fully saturated rings. The van der Waals surface area contributed by atoms with Crippen LogP contribution in [-0.2, 0) is 4.79 Å². The van der Waals surface area contributed by atoms with Crippen molar-refractivity contribution in [2.24, 2.45) is 0 Å². The lowest BCUT2D eigenvalue weighted by atomic mass is 9.92. The van der Waals surface area contributed by atoms with Gasteiger partial charge in [0.05, 0.1) is 11.6 Å². The number of amides is 1. The van der Waals surface area contributed by atoms with E-state index in [2.05, 4.69) is 0 Å². The fraction of sp³-hybridized carbons (Fsp3) is 0.700. The number of nitrogens with zero attached hydrogens (tertiary/aromatic N) is 1. The zero-order chi connectivity index (χ0) is 10.1. The molecule has 0 saturated heterocycles. The van der Waals surface area contributed by atoms with E-state index >= 15 is 0 Å². The molecule has 1 rings (SSSR count). The van der Waals surface area contributed by atoms with Gasteiger partial charge in [0, 0.05) is 14.0 Å². The first-order valence-corrected chi connectivity index (χ1v) is 4.58. The number of likely N-dealkylation sites (N-methyl/N-ethyl adjacent to an activating group) is 1. The van der Waals surface area contributed by atoms with Crippen LogP contribution in [0.4, 0.5) is 0 Å². The molecule has 1 N–H and O–H groups in total. The first-order valence-electron chi connectivity index (χ1n) is 4.58. The van der Waals surface area contributed by atoms with E-state index in [9.17, 15) is 9.90 Å². The van der Waals surface area contributed by atoms with Gasteiger partial charge >= 0.3 is 0 Å². The third-order valence-corrected chi connectivity index (χ3v) is 2.96. The first kappa shape index (κ1) is 10.3. The Morgan fingerprint density at radius 1 is 1.54 bits per heavy atom. The standard InChI is InChI=1S/C10H17NO2/c1-8(11(3)9(2)12)10(13)6-4-5-7-10/h4-5,8,13H,6-7H2,1-3H3. The summed E-state index contributed by atoms with van der Waals surface area (Å²) in [6.07, 6.45) is 5.21. The van der Waals surface area contributed by atoms with Crippen LogP contribution in [0.3, 0.4) is 0 Å². The predicted molar refractivity (Wildman–Crippen MR) is 51.2 cm³/mol. The van der Waals surface area contributed by atoms with E-state index in [1.165, 1.54) is 6.92 Å².